The van der Waals surface area contributed by atoms with Crippen molar-refractivity contribution in [3.63, 3.8) is 0 Å². The number of carbonyl (C=O) groups is 6. The Balaban J connectivity index is -0.000000924. The number of nitrogens with two attached hydrogens (primary N) is 1. The highest BCUT2D eigenvalue weighted by molar-refractivity contribution is 7.09. The van der Waals surface area contributed by atoms with E-state index in [1.165, 1.54) is 17.7 Å². The number of aryl methyl sites for hydroxylation is 1. The topological polar surface area (TPSA) is 200 Å². The van der Waals surface area contributed by atoms with Crippen molar-refractivity contribution in [3.05, 3.63) is 41.5 Å². The van der Waals surface area contributed by atoms with E-state index in [2.05, 4.69) is 34.1 Å². The van der Waals surface area contributed by atoms with Crippen molar-refractivity contribution in [2.24, 2.45) is 23.0 Å². The molecule has 3 fully saturated rings. The maximum Gasteiger partial charge on any atom is 0.408 e. The number of aldehydes is 2. The Bertz CT molecular complexity index is 1610. The fourth-order valence-electron chi connectivity index (χ4n) is 5.24. The van der Waals surface area contributed by atoms with Crippen LogP contribution in [0.15, 0.2) is 36.5 Å². The molecule has 0 aromatic carbocycles. The van der Waals surface area contributed by atoms with Gasteiger partial charge in [-0.2, -0.15) is 0 Å². The number of carbonyl (C=O) groups excluding carboxylic acids is 6. The molecule has 2 aromatic heterocycles. The summed E-state index contributed by atoms with van der Waals surface area (Å²) in [5.41, 5.74) is 5.01. The van der Waals surface area contributed by atoms with Gasteiger partial charge in [-0.15, -0.1) is 17.9 Å². The van der Waals surface area contributed by atoms with Gasteiger partial charge in [-0.3, -0.25) is 29.0 Å². The number of methoxy groups -OCH3 is 1. The minimum atomic E-state index is -1.13. The van der Waals surface area contributed by atoms with Gasteiger partial charge < -0.3 is 30.7 Å². The summed E-state index contributed by atoms with van der Waals surface area (Å²) in [6.45, 7) is 19.0. The molecule has 0 unspecified atom stereocenters. The zero-order valence-corrected chi connectivity index (χ0v) is 33.2. The molecule has 2 aromatic rings. The zero-order valence-electron chi connectivity index (χ0n) is 32.4. The van der Waals surface area contributed by atoms with E-state index < -0.39 is 46.5 Å². The van der Waals surface area contributed by atoms with Crippen LogP contribution >= 0.6 is 11.3 Å². The first-order valence-corrected chi connectivity index (χ1v) is 18.5. The van der Waals surface area contributed by atoms with Crippen molar-refractivity contribution in [1.82, 2.24) is 25.5 Å². The van der Waals surface area contributed by atoms with Crippen LogP contribution in [0.5, 0.6) is 5.75 Å². The van der Waals surface area contributed by atoms with Gasteiger partial charge in [0.1, 0.15) is 29.0 Å². The van der Waals surface area contributed by atoms with Crippen LogP contribution in [0.1, 0.15) is 97.3 Å². The van der Waals surface area contributed by atoms with Crippen molar-refractivity contribution in [2.45, 2.75) is 118 Å². The molecule has 14 nitrogen and oxygen atoms in total. The number of nitrogens with zero attached hydrogens (tertiary/aromatic N) is 3. The minimum Gasteiger partial charge on any atom is -0.495 e. The van der Waals surface area contributed by atoms with Gasteiger partial charge in [0.25, 0.3) is 0 Å². The largest absolute Gasteiger partial charge is 0.495 e. The summed E-state index contributed by atoms with van der Waals surface area (Å²) < 4.78 is 10.4. The van der Waals surface area contributed by atoms with Gasteiger partial charge in [0, 0.05) is 33.9 Å². The summed E-state index contributed by atoms with van der Waals surface area (Å²) in [4.78, 5) is 78.2. The number of alkyl carbamates (subject to hydrolysis) is 1. The summed E-state index contributed by atoms with van der Waals surface area (Å²) in [7, 11) is 1.63. The van der Waals surface area contributed by atoms with Gasteiger partial charge >= 0.3 is 6.09 Å². The lowest BCUT2D eigenvalue weighted by molar-refractivity contribution is -0.142. The minimum absolute atomic E-state index is 0. The maximum absolute atomic E-state index is 13.4. The predicted octanol–water partition coefficient (Wildman–Crippen LogP) is 6.16. The number of hydrogen-bond acceptors (Lipinski definition) is 11. The average Bonchev–Trinajstić information content (AvgIpc) is 3.90. The summed E-state index contributed by atoms with van der Waals surface area (Å²) >= 11 is 1.63. The van der Waals surface area contributed by atoms with Crippen LogP contribution in [0.2, 0.25) is 0 Å². The lowest BCUT2D eigenvalue weighted by atomic mass is 9.85. The van der Waals surface area contributed by atoms with E-state index in [0.717, 1.165) is 27.9 Å². The van der Waals surface area contributed by atoms with Crippen molar-refractivity contribution < 1.29 is 42.5 Å². The Kier molecular flexibility index (Phi) is 18.2. The van der Waals surface area contributed by atoms with E-state index in [4.69, 9.17) is 24.8 Å². The molecule has 0 radical (unpaired) electrons. The highest BCUT2D eigenvalue weighted by atomic mass is 32.1. The van der Waals surface area contributed by atoms with Gasteiger partial charge in [0.2, 0.25) is 17.7 Å². The number of hydrogen-bond donors (Lipinski definition) is 3. The van der Waals surface area contributed by atoms with Gasteiger partial charge in [0.15, 0.2) is 12.6 Å². The van der Waals surface area contributed by atoms with Crippen molar-refractivity contribution in [1.29, 1.82) is 0 Å². The normalized spacial score (nSPS) is 20.2. The molecule has 2 saturated carbocycles. The lowest BCUT2D eigenvalue weighted by Crippen LogP contribution is -2.59. The second-order valence-corrected chi connectivity index (χ2v) is 16.4. The second kappa shape index (κ2) is 20.7. The van der Waals surface area contributed by atoms with Crippen LogP contribution in [0.3, 0.4) is 0 Å². The quantitative estimate of drug-likeness (QED) is 0.150. The van der Waals surface area contributed by atoms with Gasteiger partial charge in [0.05, 0.1) is 24.0 Å². The van der Waals surface area contributed by atoms with E-state index in [-0.39, 0.29) is 36.1 Å². The van der Waals surface area contributed by atoms with Crippen LogP contribution in [-0.2, 0) is 28.7 Å². The molecule has 1 aliphatic heterocycles. The van der Waals surface area contributed by atoms with E-state index in [1.807, 2.05) is 39.1 Å². The first-order chi connectivity index (χ1) is 24.7. The Morgan fingerprint density at radius 1 is 1.11 bits per heavy atom. The first-order valence-electron chi connectivity index (χ1n) is 17.6. The molecule has 15 heteroatoms. The van der Waals surface area contributed by atoms with Crippen LogP contribution in [0.4, 0.5) is 4.79 Å². The third-order valence-electron chi connectivity index (χ3n) is 8.48. The van der Waals surface area contributed by atoms with E-state index in [1.54, 1.807) is 57.7 Å². The molecule has 306 valence electrons. The Labute approximate surface area is 328 Å². The lowest BCUT2D eigenvalue weighted by Gasteiger charge is -2.36. The molecule has 3 heterocycles. The summed E-state index contributed by atoms with van der Waals surface area (Å²) in [5.74, 6) is 0.240. The standard InChI is InChI=1S/C22H36N4O5.C10H10N2OS.C4H8.C2H2O2.CH4.3H2/c1-8-13-12-22(13,18(23)29)25-16(27)14-10-9-11-26(14)17(28)15(20(2,3)4)24-19(30)31-21(5,6)7;1-7-12-10(6-14-7)8-3-9(13-2)5-11-4-8;1-4-2-3-4;3-1-2-4;;;;/h8,13-15H,1,9-12H2,2-7H3,(H2,23,29)(H,24,30)(H,25,27);3-6H,1-2H3;4H,2-3H2,1H3;1-2H;1H4;3*1H/t13-,14+,15-,22-;;;;;;;/m1......./s1. The predicted molar refractivity (Wildman–Crippen MR) is 216 cm³/mol. The Hall–Kier alpha value is -4.66. The average molecular weight is 779 g/mol. The second-order valence-electron chi connectivity index (χ2n) is 15.3. The Morgan fingerprint density at radius 3 is 2.15 bits per heavy atom. The summed E-state index contributed by atoms with van der Waals surface area (Å²) in [5, 5.41) is 8.50. The number of aromatic nitrogens is 2. The number of thiazole rings is 1. The van der Waals surface area contributed by atoms with Gasteiger partial charge in [-0.1, -0.05) is 54.0 Å². The van der Waals surface area contributed by atoms with Crippen molar-refractivity contribution in [2.75, 3.05) is 13.7 Å². The molecule has 54 heavy (non-hydrogen) atoms. The maximum atomic E-state index is 13.4. The molecule has 2 aliphatic carbocycles. The molecule has 4 N–H and O–H groups in total. The summed E-state index contributed by atoms with van der Waals surface area (Å²) in [6.07, 6.45) is 9.25. The highest BCUT2D eigenvalue weighted by Gasteiger charge is 2.59. The van der Waals surface area contributed by atoms with E-state index >= 15 is 0 Å². The smallest absolute Gasteiger partial charge is 0.408 e. The van der Waals surface area contributed by atoms with Crippen molar-refractivity contribution in [3.8, 4) is 17.0 Å². The number of pyridine rings is 1. The van der Waals surface area contributed by atoms with Crippen LogP contribution in [-0.4, -0.2) is 88.1 Å². The van der Waals surface area contributed by atoms with Gasteiger partial charge in [-0.05, 0) is 64.4 Å². The number of rotatable bonds is 9. The first kappa shape index (κ1) is 47.4. The molecular weight excluding hydrogens is 713 g/mol. The van der Waals surface area contributed by atoms with E-state index in [0.29, 0.717) is 25.8 Å². The van der Waals surface area contributed by atoms with Crippen LogP contribution in [0.25, 0.3) is 11.3 Å². The third kappa shape index (κ3) is 14.6. The molecule has 0 bridgehead atoms. The van der Waals surface area contributed by atoms with E-state index in [9.17, 15) is 19.2 Å². The number of amides is 4. The highest BCUT2D eigenvalue weighted by Crippen LogP contribution is 2.44. The van der Waals surface area contributed by atoms with Crippen LogP contribution < -0.4 is 21.1 Å². The molecule has 1 saturated heterocycles. The SMILES string of the molecule is C.C=C[C@@H]1C[C@]1(NC(=O)[C@@H]1CCCN1C(=O)[C@@H](NC(=O)OC(C)(C)C)C(C)(C)C)C(N)=O.CC1CC1.COc1cncc(-c2csc(C)n2)c1.O=CC=O.[HH].[HH].[HH]. The molecule has 5 rings (SSSR count). The van der Waals surface area contributed by atoms with Crippen molar-refractivity contribution >= 4 is 47.7 Å². The summed E-state index contributed by atoms with van der Waals surface area (Å²) in [6, 6.07) is 0.310. The third-order valence-corrected chi connectivity index (χ3v) is 9.26. The molecular formula is C39H66N6O8S. The van der Waals surface area contributed by atoms with Crippen LogP contribution in [0, 0.1) is 24.2 Å². The molecule has 0 spiro atoms. The molecule has 4 amide bonds. The zero-order chi connectivity index (χ0) is 40.1. The number of likely N-dealkylation sites (tertiary alicyclic amines) is 1. The monoisotopic (exact) mass is 778 g/mol. The van der Waals surface area contributed by atoms with Gasteiger partial charge in [-0.25, -0.2) is 9.78 Å². The molecule has 4 atom stereocenters. The number of primary amides is 1. The fraction of sp³-hybridized carbons (Fsp3) is 0.590. The molecule has 3 aliphatic rings. The number of ether oxygens (including phenoxy) is 2. The fourth-order valence-corrected chi connectivity index (χ4v) is 5.86. The number of nitrogens with one attached hydrogen (secondary N) is 2. The Morgan fingerprint density at radius 2 is 1.72 bits per heavy atom.